The molecule has 3 fully saturated rings. The van der Waals surface area contributed by atoms with Gasteiger partial charge in [-0.25, -0.2) is 0 Å². The van der Waals surface area contributed by atoms with Gasteiger partial charge in [0.1, 0.15) is 0 Å². The van der Waals surface area contributed by atoms with Crippen LogP contribution in [0.2, 0.25) is 0 Å². The summed E-state index contributed by atoms with van der Waals surface area (Å²) in [5.74, 6) is 1.56. The van der Waals surface area contributed by atoms with Gasteiger partial charge in [0.2, 0.25) is 0 Å². The highest BCUT2D eigenvalue weighted by molar-refractivity contribution is 5.80. The fourth-order valence-corrected chi connectivity index (χ4v) is 4.70. The molecule has 2 N–H and O–H groups in total. The summed E-state index contributed by atoms with van der Waals surface area (Å²) < 4.78 is 11.2. The van der Waals surface area contributed by atoms with Gasteiger partial charge in [-0.3, -0.25) is 9.89 Å². The van der Waals surface area contributed by atoms with Crippen LogP contribution in [0.1, 0.15) is 33.1 Å². The Kier molecular flexibility index (Phi) is 5.67. The van der Waals surface area contributed by atoms with E-state index in [0.717, 1.165) is 45.2 Å². The highest BCUT2D eigenvalue weighted by atomic mass is 16.5. The van der Waals surface area contributed by atoms with Gasteiger partial charge < -0.3 is 20.1 Å². The molecule has 24 heavy (non-hydrogen) atoms. The van der Waals surface area contributed by atoms with E-state index in [2.05, 4.69) is 34.4 Å². The third-order valence-electron chi connectivity index (χ3n) is 6.07. The normalized spacial score (nSPS) is 36.1. The van der Waals surface area contributed by atoms with E-state index in [1.54, 1.807) is 7.11 Å². The predicted molar refractivity (Wildman–Crippen MR) is 96.4 cm³/mol. The minimum absolute atomic E-state index is 0.170. The highest BCUT2D eigenvalue weighted by Gasteiger charge is 2.58. The summed E-state index contributed by atoms with van der Waals surface area (Å²) >= 11 is 0. The lowest BCUT2D eigenvalue weighted by molar-refractivity contribution is -0.188. The molecule has 0 spiro atoms. The van der Waals surface area contributed by atoms with Crippen LogP contribution in [0, 0.1) is 11.3 Å². The van der Waals surface area contributed by atoms with Crippen molar-refractivity contribution in [3.63, 3.8) is 0 Å². The third-order valence-corrected chi connectivity index (χ3v) is 6.07. The maximum Gasteiger partial charge on any atom is 0.191 e. The lowest BCUT2D eigenvalue weighted by atomic mass is 9.55. The molecule has 1 aliphatic carbocycles. The number of rotatable bonds is 5. The van der Waals surface area contributed by atoms with Crippen molar-refractivity contribution in [3.8, 4) is 0 Å². The molecule has 2 saturated heterocycles. The van der Waals surface area contributed by atoms with E-state index in [1.807, 2.05) is 7.05 Å². The molecular weight excluding hydrogens is 304 g/mol. The van der Waals surface area contributed by atoms with Crippen molar-refractivity contribution in [2.75, 3.05) is 47.0 Å². The summed E-state index contributed by atoms with van der Waals surface area (Å²) in [5, 5.41) is 7.31. The Labute approximate surface area is 146 Å². The molecule has 0 aromatic rings. The lowest BCUT2D eigenvalue weighted by Gasteiger charge is -2.60. The van der Waals surface area contributed by atoms with Crippen molar-refractivity contribution < 1.29 is 9.47 Å². The van der Waals surface area contributed by atoms with Crippen LogP contribution in [-0.4, -0.2) is 76.1 Å². The molecule has 2 heterocycles. The number of nitrogens with zero attached hydrogens (tertiary/aromatic N) is 2. The zero-order valence-corrected chi connectivity index (χ0v) is 15.7. The lowest BCUT2D eigenvalue weighted by Crippen LogP contribution is -2.71. The maximum absolute atomic E-state index is 6.00. The van der Waals surface area contributed by atoms with Gasteiger partial charge in [0.15, 0.2) is 5.96 Å². The number of guanidine groups is 1. The summed E-state index contributed by atoms with van der Waals surface area (Å²) in [7, 11) is 3.63. The number of likely N-dealkylation sites (tertiary alicyclic amines) is 1. The molecule has 2 aliphatic heterocycles. The Morgan fingerprint density at radius 1 is 1.33 bits per heavy atom. The average Bonchev–Trinajstić information content (AvgIpc) is 3.04. The van der Waals surface area contributed by atoms with E-state index in [0.29, 0.717) is 24.1 Å². The first kappa shape index (κ1) is 18.0. The molecule has 1 saturated carbocycles. The smallest absolute Gasteiger partial charge is 0.191 e. The quantitative estimate of drug-likeness (QED) is 0.580. The molecule has 3 aliphatic rings. The molecule has 4 atom stereocenters. The van der Waals surface area contributed by atoms with Gasteiger partial charge in [0, 0.05) is 63.8 Å². The molecule has 4 unspecified atom stereocenters. The molecule has 0 aromatic carbocycles. The summed E-state index contributed by atoms with van der Waals surface area (Å²) in [6.45, 7) is 9.55. The van der Waals surface area contributed by atoms with Crippen LogP contribution in [0.5, 0.6) is 0 Å². The fourth-order valence-electron chi connectivity index (χ4n) is 4.70. The zero-order chi connectivity index (χ0) is 17.2. The molecular formula is C18H34N4O2. The fraction of sp³-hybridized carbons (Fsp3) is 0.944. The number of hydrogen-bond acceptors (Lipinski definition) is 4. The summed E-state index contributed by atoms with van der Waals surface area (Å²) in [5.41, 5.74) is 0.170. The first-order valence-corrected chi connectivity index (χ1v) is 9.39. The number of methoxy groups -OCH3 is 1. The third kappa shape index (κ3) is 3.55. The van der Waals surface area contributed by atoms with E-state index in [9.17, 15) is 0 Å². The Morgan fingerprint density at radius 2 is 2.17 bits per heavy atom. The van der Waals surface area contributed by atoms with E-state index >= 15 is 0 Å². The second-order valence-electron chi connectivity index (χ2n) is 8.04. The number of hydrogen-bond donors (Lipinski definition) is 2. The molecule has 0 aromatic heterocycles. The monoisotopic (exact) mass is 338 g/mol. The van der Waals surface area contributed by atoms with Crippen LogP contribution in [0.15, 0.2) is 4.99 Å². The standard InChI is InChI=1S/C18H34N4O2/c1-18(2)15(14-6-5-10-24-16(14)18)21-17(19-3)20-13-7-8-22(12-13)9-11-23-4/h13-16H,5-12H2,1-4H3,(H2,19,20,21). The van der Waals surface area contributed by atoms with Gasteiger partial charge in [0.05, 0.1) is 12.7 Å². The molecule has 3 rings (SSSR count). The van der Waals surface area contributed by atoms with Crippen molar-refractivity contribution in [2.45, 2.75) is 51.3 Å². The maximum atomic E-state index is 6.00. The van der Waals surface area contributed by atoms with Gasteiger partial charge in [-0.1, -0.05) is 13.8 Å². The Balaban J connectivity index is 1.51. The van der Waals surface area contributed by atoms with Gasteiger partial charge in [-0.2, -0.15) is 0 Å². The zero-order valence-electron chi connectivity index (χ0n) is 15.7. The molecule has 6 heteroatoms. The van der Waals surface area contributed by atoms with Crippen molar-refractivity contribution in [2.24, 2.45) is 16.3 Å². The average molecular weight is 338 g/mol. The Bertz CT molecular complexity index is 454. The van der Waals surface area contributed by atoms with Gasteiger partial charge in [0.25, 0.3) is 0 Å². The second kappa shape index (κ2) is 7.58. The van der Waals surface area contributed by atoms with Crippen molar-refractivity contribution in [1.29, 1.82) is 0 Å². The van der Waals surface area contributed by atoms with E-state index < -0.39 is 0 Å². The highest BCUT2D eigenvalue weighted by Crippen LogP contribution is 2.51. The molecule has 138 valence electrons. The molecule has 0 amide bonds. The van der Waals surface area contributed by atoms with Crippen molar-refractivity contribution in [3.05, 3.63) is 0 Å². The summed E-state index contributed by atoms with van der Waals surface area (Å²) in [4.78, 5) is 6.93. The van der Waals surface area contributed by atoms with Crippen LogP contribution in [0.25, 0.3) is 0 Å². The van der Waals surface area contributed by atoms with Crippen molar-refractivity contribution in [1.82, 2.24) is 15.5 Å². The van der Waals surface area contributed by atoms with Gasteiger partial charge in [-0.05, 0) is 19.3 Å². The van der Waals surface area contributed by atoms with E-state index in [4.69, 9.17) is 9.47 Å². The minimum Gasteiger partial charge on any atom is -0.383 e. The SMILES string of the molecule is CN=C(NC1CCN(CCOC)C1)NC1C2CCCOC2C1(C)C. The first-order chi connectivity index (χ1) is 11.6. The van der Waals surface area contributed by atoms with Crippen LogP contribution < -0.4 is 10.6 Å². The second-order valence-corrected chi connectivity index (χ2v) is 8.04. The minimum atomic E-state index is 0.170. The van der Waals surface area contributed by atoms with Crippen LogP contribution >= 0.6 is 0 Å². The molecule has 0 bridgehead atoms. The Morgan fingerprint density at radius 3 is 2.92 bits per heavy atom. The molecule has 6 nitrogen and oxygen atoms in total. The van der Waals surface area contributed by atoms with Crippen molar-refractivity contribution >= 4 is 5.96 Å². The number of ether oxygens (including phenoxy) is 2. The summed E-state index contributed by atoms with van der Waals surface area (Å²) in [6.07, 6.45) is 4.00. The van der Waals surface area contributed by atoms with E-state index in [-0.39, 0.29) is 5.41 Å². The topological polar surface area (TPSA) is 58.1 Å². The largest absolute Gasteiger partial charge is 0.383 e. The first-order valence-electron chi connectivity index (χ1n) is 9.39. The van der Waals surface area contributed by atoms with Crippen LogP contribution in [-0.2, 0) is 9.47 Å². The van der Waals surface area contributed by atoms with Crippen LogP contribution in [0.4, 0.5) is 0 Å². The number of fused-ring (bicyclic) bond motifs is 1. The van der Waals surface area contributed by atoms with Gasteiger partial charge >= 0.3 is 0 Å². The van der Waals surface area contributed by atoms with Gasteiger partial charge in [-0.15, -0.1) is 0 Å². The van der Waals surface area contributed by atoms with Crippen LogP contribution in [0.3, 0.4) is 0 Å². The predicted octanol–water partition coefficient (Wildman–Crippen LogP) is 1.08. The van der Waals surface area contributed by atoms with E-state index in [1.165, 1.54) is 12.8 Å². The number of aliphatic imine (C=N–C) groups is 1. The number of nitrogens with one attached hydrogen (secondary N) is 2. The summed E-state index contributed by atoms with van der Waals surface area (Å²) in [6, 6.07) is 0.912. The molecule has 0 radical (unpaired) electrons. The Hall–Kier alpha value is -0.850.